The third kappa shape index (κ3) is 5.66. The molecule has 0 atom stereocenters. The summed E-state index contributed by atoms with van der Waals surface area (Å²) in [5, 5.41) is 14.3. The zero-order valence-corrected chi connectivity index (χ0v) is 19.6. The zero-order valence-electron chi connectivity index (χ0n) is 19.6. The molecule has 35 heavy (non-hydrogen) atoms. The summed E-state index contributed by atoms with van der Waals surface area (Å²) in [5.41, 5.74) is 4.42. The van der Waals surface area contributed by atoms with Crippen molar-refractivity contribution in [1.29, 1.82) is 0 Å². The molecule has 0 unspecified atom stereocenters. The van der Waals surface area contributed by atoms with Crippen LogP contribution in [0.4, 0.5) is 10.5 Å². The number of aromatic nitrogens is 1. The van der Waals surface area contributed by atoms with Crippen LogP contribution in [0, 0.1) is 0 Å². The van der Waals surface area contributed by atoms with Crippen LogP contribution >= 0.6 is 0 Å². The number of carboxylic acids is 1. The van der Waals surface area contributed by atoms with Crippen molar-refractivity contribution in [2.75, 3.05) is 11.9 Å². The topological polar surface area (TPSA) is 118 Å². The molecule has 180 valence electrons. The molecule has 4 rings (SSSR count). The quantitative estimate of drug-likeness (QED) is 0.432. The van der Waals surface area contributed by atoms with Crippen LogP contribution in [0.3, 0.4) is 0 Å². The van der Waals surface area contributed by atoms with Crippen molar-refractivity contribution in [2.45, 2.75) is 38.1 Å². The fourth-order valence-corrected chi connectivity index (χ4v) is 4.21. The minimum absolute atomic E-state index is 0.0400. The number of carbonyl (C=O) groups excluding carboxylic acids is 2. The molecule has 3 N–H and O–H groups in total. The summed E-state index contributed by atoms with van der Waals surface area (Å²) in [5.74, 6) is -1.39. The van der Waals surface area contributed by atoms with Crippen molar-refractivity contribution < 1.29 is 24.2 Å². The second-order valence-corrected chi connectivity index (χ2v) is 9.11. The lowest BCUT2D eigenvalue weighted by Crippen LogP contribution is -2.44. The fraction of sp³-hybridized carbons (Fsp3) is 0.259. The predicted molar refractivity (Wildman–Crippen MR) is 131 cm³/mol. The van der Waals surface area contributed by atoms with Crippen molar-refractivity contribution in [3.05, 3.63) is 83.7 Å². The Morgan fingerprint density at radius 2 is 1.60 bits per heavy atom. The molecule has 0 aliphatic heterocycles. The summed E-state index contributed by atoms with van der Waals surface area (Å²) in [4.78, 5) is 39.8. The lowest BCUT2D eigenvalue weighted by atomic mass is 9.98. The molecule has 2 aromatic carbocycles. The number of rotatable bonds is 8. The van der Waals surface area contributed by atoms with Gasteiger partial charge in [-0.2, -0.15) is 0 Å². The predicted octanol–water partition coefficient (Wildman–Crippen LogP) is 4.82. The second-order valence-electron chi connectivity index (χ2n) is 9.11. The highest BCUT2D eigenvalue weighted by Gasteiger charge is 2.29. The lowest BCUT2D eigenvalue weighted by molar-refractivity contribution is -0.137. The van der Waals surface area contributed by atoms with Crippen LogP contribution in [0.1, 0.15) is 54.2 Å². The molecule has 1 aliphatic carbocycles. The number of nitrogens with one attached hydrogen (secondary N) is 2. The molecule has 2 amide bonds. The number of benzene rings is 2. The van der Waals surface area contributed by atoms with Crippen LogP contribution in [0.5, 0.6) is 0 Å². The van der Waals surface area contributed by atoms with E-state index in [1.165, 1.54) is 12.3 Å². The maximum atomic E-state index is 12.5. The van der Waals surface area contributed by atoms with Gasteiger partial charge in [0, 0.05) is 17.9 Å². The number of aliphatic carboxylic acids is 1. The highest BCUT2D eigenvalue weighted by molar-refractivity contribution is 5.93. The molecule has 1 aliphatic rings. The Morgan fingerprint density at radius 1 is 0.971 bits per heavy atom. The normalized spacial score (nSPS) is 12.4. The van der Waals surface area contributed by atoms with Gasteiger partial charge in [-0.25, -0.2) is 9.78 Å². The van der Waals surface area contributed by atoms with Crippen LogP contribution in [-0.4, -0.2) is 40.2 Å². The Kier molecular flexibility index (Phi) is 6.82. The zero-order chi connectivity index (χ0) is 25.0. The lowest BCUT2D eigenvalue weighted by Gasteiger charge is -2.25. The third-order valence-electron chi connectivity index (χ3n) is 6.00. The van der Waals surface area contributed by atoms with Gasteiger partial charge in [-0.1, -0.05) is 48.5 Å². The summed E-state index contributed by atoms with van der Waals surface area (Å²) in [6, 6.07) is 19.3. The van der Waals surface area contributed by atoms with Gasteiger partial charge in [-0.15, -0.1) is 0 Å². The molecule has 0 saturated heterocycles. The molecule has 8 nitrogen and oxygen atoms in total. The van der Waals surface area contributed by atoms with E-state index in [1.807, 2.05) is 24.3 Å². The number of ether oxygens (including phenoxy) is 1. The van der Waals surface area contributed by atoms with E-state index in [9.17, 15) is 14.4 Å². The van der Waals surface area contributed by atoms with Crippen LogP contribution in [-0.2, 0) is 9.53 Å². The molecule has 1 aromatic heterocycles. The SMILES string of the molecule is CC(C)(CCC(=O)O)NC(=O)c1ccc(NC(=O)OCC2c3ccccc3-c3ccccc32)cn1. The van der Waals surface area contributed by atoms with Crippen LogP contribution in [0.25, 0.3) is 11.1 Å². The number of pyridine rings is 1. The Hall–Kier alpha value is -4.20. The number of carboxylic acid groups (broad SMARTS) is 1. The van der Waals surface area contributed by atoms with E-state index >= 15 is 0 Å². The van der Waals surface area contributed by atoms with Gasteiger partial charge in [0.1, 0.15) is 12.3 Å². The van der Waals surface area contributed by atoms with E-state index in [2.05, 4.69) is 39.9 Å². The standard InChI is InChI=1S/C27H27N3O5/c1-27(2,14-13-24(31)32)30-25(33)23-12-11-17(15-28-23)29-26(34)35-16-22-20-9-5-3-7-18(20)19-8-4-6-10-21(19)22/h3-12,15,22H,13-14,16H2,1-2H3,(H,29,34)(H,30,33)(H,31,32). The summed E-state index contributed by atoms with van der Waals surface area (Å²) in [6.45, 7) is 3.70. The summed E-state index contributed by atoms with van der Waals surface area (Å²) < 4.78 is 5.53. The Labute approximate surface area is 203 Å². The Balaban J connectivity index is 1.33. The summed E-state index contributed by atoms with van der Waals surface area (Å²) in [6.07, 6.45) is 1.00. The minimum Gasteiger partial charge on any atom is -0.481 e. The first-order valence-electron chi connectivity index (χ1n) is 11.4. The van der Waals surface area contributed by atoms with Gasteiger partial charge in [0.15, 0.2) is 0 Å². The van der Waals surface area contributed by atoms with Crippen LogP contribution < -0.4 is 10.6 Å². The van der Waals surface area contributed by atoms with E-state index in [0.29, 0.717) is 5.69 Å². The Morgan fingerprint density at radius 3 is 2.17 bits per heavy atom. The number of fused-ring (bicyclic) bond motifs is 3. The molecular formula is C27H27N3O5. The van der Waals surface area contributed by atoms with E-state index in [-0.39, 0.29) is 31.1 Å². The number of carbonyl (C=O) groups is 3. The number of hydrogen-bond acceptors (Lipinski definition) is 5. The van der Waals surface area contributed by atoms with E-state index < -0.39 is 23.5 Å². The minimum atomic E-state index is -0.922. The molecule has 3 aromatic rings. The first kappa shape index (κ1) is 23.9. The van der Waals surface area contributed by atoms with Gasteiger partial charge in [0.05, 0.1) is 11.9 Å². The smallest absolute Gasteiger partial charge is 0.411 e. The van der Waals surface area contributed by atoms with Gasteiger partial charge in [0.25, 0.3) is 5.91 Å². The summed E-state index contributed by atoms with van der Waals surface area (Å²) >= 11 is 0. The molecular weight excluding hydrogens is 446 g/mol. The average molecular weight is 474 g/mol. The number of amides is 2. The van der Waals surface area contributed by atoms with Crippen molar-refractivity contribution in [2.24, 2.45) is 0 Å². The molecule has 0 saturated carbocycles. The number of hydrogen-bond donors (Lipinski definition) is 3. The maximum Gasteiger partial charge on any atom is 0.411 e. The summed E-state index contributed by atoms with van der Waals surface area (Å²) in [7, 11) is 0. The van der Waals surface area contributed by atoms with Gasteiger partial charge in [-0.05, 0) is 54.7 Å². The van der Waals surface area contributed by atoms with Gasteiger partial charge >= 0.3 is 12.1 Å². The Bertz CT molecular complexity index is 1210. The molecule has 0 spiro atoms. The van der Waals surface area contributed by atoms with Crippen molar-refractivity contribution in [3.8, 4) is 11.1 Å². The fourth-order valence-electron chi connectivity index (χ4n) is 4.21. The first-order chi connectivity index (χ1) is 16.7. The molecule has 1 heterocycles. The van der Waals surface area contributed by atoms with Crippen molar-refractivity contribution in [1.82, 2.24) is 10.3 Å². The monoisotopic (exact) mass is 473 g/mol. The maximum absolute atomic E-state index is 12.5. The number of nitrogens with zero attached hydrogens (tertiary/aromatic N) is 1. The highest BCUT2D eigenvalue weighted by Crippen LogP contribution is 2.44. The largest absolute Gasteiger partial charge is 0.481 e. The van der Waals surface area contributed by atoms with E-state index in [0.717, 1.165) is 22.3 Å². The second kappa shape index (κ2) is 9.97. The third-order valence-corrected chi connectivity index (χ3v) is 6.00. The average Bonchev–Trinajstić information content (AvgIpc) is 3.15. The number of anilines is 1. The van der Waals surface area contributed by atoms with E-state index in [1.54, 1.807) is 19.9 Å². The van der Waals surface area contributed by atoms with Crippen molar-refractivity contribution >= 4 is 23.7 Å². The molecule has 0 radical (unpaired) electrons. The van der Waals surface area contributed by atoms with Crippen LogP contribution in [0.15, 0.2) is 66.9 Å². The van der Waals surface area contributed by atoms with Crippen LogP contribution in [0.2, 0.25) is 0 Å². The van der Waals surface area contributed by atoms with Gasteiger partial charge in [0.2, 0.25) is 0 Å². The highest BCUT2D eigenvalue weighted by atomic mass is 16.5. The molecule has 0 fully saturated rings. The van der Waals surface area contributed by atoms with Gasteiger partial charge in [-0.3, -0.25) is 14.9 Å². The van der Waals surface area contributed by atoms with Crippen molar-refractivity contribution in [3.63, 3.8) is 0 Å². The van der Waals surface area contributed by atoms with Gasteiger partial charge < -0.3 is 15.2 Å². The molecule has 8 heteroatoms. The van der Waals surface area contributed by atoms with E-state index in [4.69, 9.17) is 9.84 Å². The molecule has 0 bridgehead atoms. The first-order valence-corrected chi connectivity index (χ1v) is 11.4.